The number of hydrogen-bond donors (Lipinski definition) is 4. The molecule has 0 aromatic heterocycles. The first-order valence-electron chi connectivity index (χ1n) is 11.9. The van der Waals surface area contributed by atoms with Gasteiger partial charge in [-0.25, -0.2) is 4.79 Å². The number of terminal acetylenes is 1. The molecule has 0 fully saturated rings. The summed E-state index contributed by atoms with van der Waals surface area (Å²) in [7, 11) is 0. The van der Waals surface area contributed by atoms with Crippen LogP contribution in [0.3, 0.4) is 0 Å². The molecule has 2 atom stereocenters. The van der Waals surface area contributed by atoms with Crippen molar-refractivity contribution in [1.82, 2.24) is 10.2 Å². The van der Waals surface area contributed by atoms with Gasteiger partial charge in [0.15, 0.2) is 0 Å². The van der Waals surface area contributed by atoms with E-state index in [0.29, 0.717) is 16.8 Å². The predicted octanol–water partition coefficient (Wildman–Crippen LogP) is 2.67. The monoisotopic (exact) mass is 509 g/mol. The van der Waals surface area contributed by atoms with E-state index in [0.717, 1.165) is 16.0 Å². The van der Waals surface area contributed by atoms with Crippen molar-refractivity contribution < 1.29 is 29.3 Å². The molecule has 2 aromatic rings. The molecule has 0 bridgehead atoms. The van der Waals surface area contributed by atoms with Crippen molar-refractivity contribution in [2.45, 2.75) is 52.3 Å². The first kappa shape index (κ1) is 29.4. The minimum absolute atomic E-state index is 0.269. The van der Waals surface area contributed by atoms with Crippen LogP contribution in [0.2, 0.25) is 0 Å². The van der Waals surface area contributed by atoms with Crippen LogP contribution in [-0.2, 0) is 14.3 Å². The van der Waals surface area contributed by atoms with E-state index in [1.165, 1.54) is 0 Å². The van der Waals surface area contributed by atoms with Crippen LogP contribution in [0.1, 0.15) is 49.1 Å². The Hall–Kier alpha value is -3.87. The number of benzene rings is 2. The number of aryl methyl sites for hydroxylation is 2. The molecule has 0 aliphatic rings. The number of hydrogen-bond acceptors (Lipinski definition) is 6. The molecule has 9 heteroatoms. The fourth-order valence-electron chi connectivity index (χ4n) is 3.83. The van der Waals surface area contributed by atoms with Crippen molar-refractivity contribution >= 4 is 23.6 Å². The SMILES string of the molecule is C#Cc1ccccc1C(C(=O)Nc1c(C)cccc1C)N(CCO)C(=O)C(CO)NC(=O)OC(C)(C)C. The molecule has 0 heterocycles. The van der Waals surface area contributed by atoms with E-state index in [9.17, 15) is 24.6 Å². The van der Waals surface area contributed by atoms with Crippen molar-refractivity contribution in [3.63, 3.8) is 0 Å². The van der Waals surface area contributed by atoms with Crippen LogP contribution in [-0.4, -0.2) is 64.4 Å². The summed E-state index contributed by atoms with van der Waals surface area (Å²) in [6.45, 7) is 7.15. The highest BCUT2D eigenvalue weighted by atomic mass is 16.6. The molecule has 2 rings (SSSR count). The summed E-state index contributed by atoms with van der Waals surface area (Å²) in [5.74, 6) is 1.17. The summed E-state index contributed by atoms with van der Waals surface area (Å²) in [5.41, 5.74) is 2.11. The smallest absolute Gasteiger partial charge is 0.408 e. The molecular formula is C28H35N3O6. The predicted molar refractivity (Wildman–Crippen MR) is 141 cm³/mol. The molecule has 198 valence electrons. The molecule has 37 heavy (non-hydrogen) atoms. The molecule has 4 N–H and O–H groups in total. The Morgan fingerprint density at radius 2 is 1.68 bits per heavy atom. The van der Waals surface area contributed by atoms with Crippen molar-refractivity contribution in [3.8, 4) is 12.3 Å². The first-order valence-corrected chi connectivity index (χ1v) is 11.9. The van der Waals surface area contributed by atoms with Gasteiger partial charge in [0.25, 0.3) is 5.91 Å². The topological polar surface area (TPSA) is 128 Å². The average Bonchev–Trinajstić information content (AvgIpc) is 2.83. The third kappa shape index (κ3) is 7.81. The Bertz CT molecular complexity index is 1140. The Balaban J connectivity index is 2.55. The molecule has 0 radical (unpaired) electrons. The van der Waals surface area contributed by atoms with Gasteiger partial charge in [-0.2, -0.15) is 0 Å². The molecule has 3 amide bonds. The number of anilines is 1. The number of para-hydroxylation sites is 1. The highest BCUT2D eigenvalue weighted by Crippen LogP contribution is 2.28. The van der Waals surface area contributed by atoms with Crippen LogP contribution in [0.25, 0.3) is 0 Å². The van der Waals surface area contributed by atoms with E-state index >= 15 is 0 Å². The zero-order valence-electron chi connectivity index (χ0n) is 21.9. The Morgan fingerprint density at radius 3 is 2.22 bits per heavy atom. The number of nitrogens with one attached hydrogen (secondary N) is 2. The van der Waals surface area contributed by atoms with Crippen LogP contribution in [0.5, 0.6) is 0 Å². The van der Waals surface area contributed by atoms with Crippen LogP contribution >= 0.6 is 0 Å². The van der Waals surface area contributed by atoms with Gasteiger partial charge in [-0.05, 0) is 57.4 Å². The fourth-order valence-corrected chi connectivity index (χ4v) is 3.83. The Morgan fingerprint density at radius 1 is 1.05 bits per heavy atom. The first-order chi connectivity index (χ1) is 17.4. The number of ether oxygens (including phenoxy) is 1. The van der Waals surface area contributed by atoms with Crippen LogP contribution in [0.15, 0.2) is 42.5 Å². The van der Waals surface area contributed by atoms with Gasteiger partial charge in [-0.3, -0.25) is 9.59 Å². The zero-order chi connectivity index (χ0) is 27.8. The van der Waals surface area contributed by atoms with E-state index in [1.807, 2.05) is 32.0 Å². The van der Waals surface area contributed by atoms with E-state index in [2.05, 4.69) is 16.6 Å². The molecule has 0 aliphatic heterocycles. The van der Waals surface area contributed by atoms with Crippen molar-refractivity contribution in [2.24, 2.45) is 0 Å². The minimum Gasteiger partial charge on any atom is -0.444 e. The van der Waals surface area contributed by atoms with Gasteiger partial charge in [0.05, 0.1) is 13.2 Å². The molecule has 0 saturated carbocycles. The average molecular weight is 510 g/mol. The van der Waals surface area contributed by atoms with Gasteiger partial charge < -0.3 is 30.5 Å². The number of carbonyl (C=O) groups is 3. The molecular weight excluding hydrogens is 474 g/mol. The summed E-state index contributed by atoms with van der Waals surface area (Å²) in [6.07, 6.45) is 4.79. The van der Waals surface area contributed by atoms with Crippen LogP contribution in [0, 0.1) is 26.2 Å². The number of aliphatic hydroxyl groups excluding tert-OH is 2. The Labute approximate surface area is 217 Å². The lowest BCUT2D eigenvalue weighted by Gasteiger charge is -2.34. The third-order valence-corrected chi connectivity index (χ3v) is 5.50. The second-order valence-electron chi connectivity index (χ2n) is 9.53. The van der Waals surface area contributed by atoms with Crippen molar-refractivity contribution in [3.05, 3.63) is 64.7 Å². The van der Waals surface area contributed by atoms with Gasteiger partial charge in [0.1, 0.15) is 17.7 Å². The van der Waals surface area contributed by atoms with Crippen molar-refractivity contribution in [2.75, 3.05) is 25.1 Å². The highest BCUT2D eigenvalue weighted by molar-refractivity contribution is 6.00. The molecule has 0 saturated heterocycles. The number of amides is 3. The summed E-state index contributed by atoms with van der Waals surface area (Å²) in [4.78, 5) is 40.8. The summed E-state index contributed by atoms with van der Waals surface area (Å²) in [6, 6.07) is 9.48. The number of nitrogens with zero attached hydrogens (tertiary/aromatic N) is 1. The van der Waals surface area contributed by atoms with Gasteiger partial charge in [0.2, 0.25) is 5.91 Å². The number of aliphatic hydroxyl groups is 2. The van der Waals surface area contributed by atoms with Crippen LogP contribution in [0.4, 0.5) is 10.5 Å². The van der Waals surface area contributed by atoms with Gasteiger partial charge in [-0.15, -0.1) is 6.42 Å². The maximum Gasteiger partial charge on any atom is 0.408 e. The van der Waals surface area contributed by atoms with E-state index in [-0.39, 0.29) is 6.54 Å². The van der Waals surface area contributed by atoms with E-state index in [1.54, 1.807) is 45.0 Å². The molecule has 2 unspecified atom stereocenters. The molecule has 0 spiro atoms. The number of carbonyl (C=O) groups excluding carboxylic acids is 3. The summed E-state index contributed by atoms with van der Waals surface area (Å²) >= 11 is 0. The fraction of sp³-hybridized carbons (Fsp3) is 0.393. The quantitative estimate of drug-likeness (QED) is 0.385. The maximum absolute atomic E-state index is 13.8. The van der Waals surface area contributed by atoms with Crippen LogP contribution < -0.4 is 10.6 Å². The van der Waals surface area contributed by atoms with Gasteiger partial charge in [-0.1, -0.05) is 42.3 Å². The Kier molecular flexibility index (Phi) is 10.2. The molecule has 2 aromatic carbocycles. The maximum atomic E-state index is 13.8. The van der Waals surface area contributed by atoms with E-state index in [4.69, 9.17) is 11.2 Å². The van der Waals surface area contributed by atoms with Gasteiger partial charge >= 0.3 is 6.09 Å². The number of alkyl carbamates (subject to hydrolysis) is 1. The summed E-state index contributed by atoms with van der Waals surface area (Å²) in [5, 5.41) is 25.0. The lowest BCUT2D eigenvalue weighted by molar-refractivity contribution is -0.142. The zero-order valence-corrected chi connectivity index (χ0v) is 21.9. The lowest BCUT2D eigenvalue weighted by Crippen LogP contribution is -2.54. The number of rotatable bonds is 9. The molecule has 0 aliphatic carbocycles. The van der Waals surface area contributed by atoms with E-state index < -0.39 is 48.8 Å². The lowest BCUT2D eigenvalue weighted by atomic mass is 9.97. The third-order valence-electron chi connectivity index (χ3n) is 5.50. The highest BCUT2D eigenvalue weighted by Gasteiger charge is 2.37. The normalized spacial score (nSPS) is 12.6. The second-order valence-corrected chi connectivity index (χ2v) is 9.53. The largest absolute Gasteiger partial charge is 0.444 e. The van der Waals surface area contributed by atoms with Crippen molar-refractivity contribution in [1.29, 1.82) is 0 Å². The standard InChI is InChI=1S/C28H35N3O6/c1-7-20-13-8-9-14-21(20)24(25(34)30-23-18(2)11-10-12-19(23)3)31(15-16-32)26(35)22(17-33)29-27(36)37-28(4,5)6/h1,8-14,22,24,32-33H,15-17H2,2-6H3,(H,29,36)(H,30,34). The van der Waals surface area contributed by atoms with Gasteiger partial charge in [0, 0.05) is 17.8 Å². The molecule has 9 nitrogen and oxygen atoms in total. The second kappa shape index (κ2) is 12.9. The summed E-state index contributed by atoms with van der Waals surface area (Å²) < 4.78 is 5.21. The minimum atomic E-state index is -1.44.